The molecule has 8 heteroatoms. The molecule has 3 rings (SSSR count). The molecule has 2 aromatic carbocycles. The smallest absolute Gasteiger partial charge is 0.234 e. The Labute approximate surface area is 180 Å². The first kappa shape index (κ1) is 21.6. The van der Waals surface area contributed by atoms with Crippen LogP contribution in [0.4, 0.5) is 5.69 Å². The van der Waals surface area contributed by atoms with Gasteiger partial charge in [-0.1, -0.05) is 60.3 Å². The highest BCUT2D eigenvalue weighted by molar-refractivity contribution is 7.99. The van der Waals surface area contributed by atoms with Crippen molar-refractivity contribution in [3.8, 4) is 0 Å². The number of carbonyl (C=O) groups is 2. The molecule has 3 N–H and O–H groups in total. The summed E-state index contributed by atoms with van der Waals surface area (Å²) in [6.45, 7) is 2.63. The minimum atomic E-state index is -0.372. The monoisotopic (exact) mass is 423 g/mol. The Morgan fingerprint density at radius 3 is 2.53 bits per heavy atom. The van der Waals surface area contributed by atoms with Crippen LogP contribution >= 0.6 is 11.8 Å². The van der Waals surface area contributed by atoms with Gasteiger partial charge in [0.05, 0.1) is 5.75 Å². The number of para-hydroxylation sites is 1. The fraction of sp³-hybridized carbons (Fsp3) is 0.273. The van der Waals surface area contributed by atoms with Gasteiger partial charge in [0, 0.05) is 25.1 Å². The van der Waals surface area contributed by atoms with Gasteiger partial charge in [-0.25, -0.2) is 0 Å². The van der Waals surface area contributed by atoms with E-state index in [0.717, 1.165) is 17.7 Å². The van der Waals surface area contributed by atoms with Crippen molar-refractivity contribution in [2.75, 3.05) is 11.1 Å². The molecule has 0 bridgehead atoms. The van der Waals surface area contributed by atoms with E-state index in [9.17, 15) is 9.59 Å². The van der Waals surface area contributed by atoms with Crippen molar-refractivity contribution < 1.29 is 9.59 Å². The van der Waals surface area contributed by atoms with E-state index in [4.69, 9.17) is 5.73 Å². The quantitative estimate of drug-likeness (QED) is 0.488. The fourth-order valence-electron chi connectivity index (χ4n) is 3.09. The molecule has 3 aromatic rings. The maximum atomic E-state index is 12.6. The Hall–Kier alpha value is -3.13. The third-order valence-corrected chi connectivity index (χ3v) is 5.53. The van der Waals surface area contributed by atoms with Gasteiger partial charge in [0.25, 0.3) is 0 Å². The van der Waals surface area contributed by atoms with Crippen LogP contribution in [0.3, 0.4) is 0 Å². The highest BCUT2D eigenvalue weighted by atomic mass is 32.2. The van der Waals surface area contributed by atoms with Crippen LogP contribution < -0.4 is 11.1 Å². The molecular formula is C22H25N5O2S. The SMILES string of the molecule is CCn1c(CCC(N)=O)nnc1SCC(=O)Nc1ccccc1Cc1ccccc1. The van der Waals surface area contributed by atoms with Gasteiger partial charge >= 0.3 is 0 Å². The van der Waals surface area contributed by atoms with Gasteiger partial charge in [-0.05, 0) is 30.5 Å². The molecule has 30 heavy (non-hydrogen) atoms. The van der Waals surface area contributed by atoms with Gasteiger partial charge in [-0.3, -0.25) is 9.59 Å². The van der Waals surface area contributed by atoms with E-state index >= 15 is 0 Å². The summed E-state index contributed by atoms with van der Waals surface area (Å²) >= 11 is 1.33. The van der Waals surface area contributed by atoms with Crippen molar-refractivity contribution in [2.45, 2.75) is 37.9 Å². The first-order valence-electron chi connectivity index (χ1n) is 9.81. The topological polar surface area (TPSA) is 103 Å². The average molecular weight is 424 g/mol. The number of hydrogen-bond donors (Lipinski definition) is 2. The number of nitrogens with two attached hydrogens (primary N) is 1. The van der Waals surface area contributed by atoms with Crippen LogP contribution in [-0.2, 0) is 29.0 Å². The van der Waals surface area contributed by atoms with Crippen LogP contribution in [-0.4, -0.2) is 32.3 Å². The summed E-state index contributed by atoms with van der Waals surface area (Å²) in [6.07, 6.45) is 1.41. The molecule has 0 saturated heterocycles. The molecule has 7 nitrogen and oxygen atoms in total. The lowest BCUT2D eigenvalue weighted by Gasteiger charge is -2.11. The number of carbonyl (C=O) groups excluding carboxylic acids is 2. The third-order valence-electron chi connectivity index (χ3n) is 4.57. The molecule has 0 atom stereocenters. The highest BCUT2D eigenvalue weighted by Crippen LogP contribution is 2.21. The van der Waals surface area contributed by atoms with E-state index in [1.807, 2.05) is 54.0 Å². The second kappa shape index (κ2) is 10.6. The van der Waals surface area contributed by atoms with Crippen molar-refractivity contribution in [3.63, 3.8) is 0 Å². The summed E-state index contributed by atoms with van der Waals surface area (Å²) < 4.78 is 1.91. The zero-order valence-corrected chi connectivity index (χ0v) is 17.7. The molecule has 0 saturated carbocycles. The van der Waals surface area contributed by atoms with Crippen molar-refractivity contribution >= 4 is 29.3 Å². The molecule has 0 fully saturated rings. The number of primary amides is 1. The van der Waals surface area contributed by atoms with Crippen LogP contribution in [0.25, 0.3) is 0 Å². The fourth-order valence-corrected chi connectivity index (χ4v) is 3.91. The van der Waals surface area contributed by atoms with E-state index < -0.39 is 0 Å². The number of aryl methyl sites for hydroxylation is 1. The minimum absolute atomic E-state index is 0.107. The van der Waals surface area contributed by atoms with E-state index in [0.29, 0.717) is 23.9 Å². The van der Waals surface area contributed by atoms with E-state index in [2.05, 4.69) is 27.6 Å². The lowest BCUT2D eigenvalue weighted by Crippen LogP contribution is -2.16. The molecule has 0 aliphatic rings. The van der Waals surface area contributed by atoms with Crippen molar-refractivity contribution in [1.29, 1.82) is 0 Å². The van der Waals surface area contributed by atoms with E-state index in [1.165, 1.54) is 17.3 Å². The van der Waals surface area contributed by atoms with Gasteiger partial charge in [-0.2, -0.15) is 0 Å². The normalized spacial score (nSPS) is 10.7. The molecule has 1 heterocycles. The number of benzene rings is 2. The summed E-state index contributed by atoms with van der Waals surface area (Å²) in [6, 6.07) is 18.0. The first-order chi connectivity index (χ1) is 14.6. The van der Waals surface area contributed by atoms with Crippen LogP contribution in [0.15, 0.2) is 59.8 Å². The maximum absolute atomic E-state index is 12.6. The van der Waals surface area contributed by atoms with E-state index in [1.54, 1.807) is 0 Å². The van der Waals surface area contributed by atoms with Crippen LogP contribution in [0.1, 0.15) is 30.3 Å². The summed E-state index contributed by atoms with van der Waals surface area (Å²) in [7, 11) is 0. The Bertz CT molecular complexity index is 1000. The van der Waals surface area contributed by atoms with Crippen molar-refractivity contribution in [2.24, 2.45) is 5.73 Å². The molecule has 0 radical (unpaired) electrons. The summed E-state index contributed by atoms with van der Waals surface area (Å²) in [4.78, 5) is 23.6. The molecule has 2 amide bonds. The lowest BCUT2D eigenvalue weighted by molar-refractivity contribution is -0.118. The zero-order chi connectivity index (χ0) is 21.3. The van der Waals surface area contributed by atoms with Crippen molar-refractivity contribution in [1.82, 2.24) is 14.8 Å². The van der Waals surface area contributed by atoms with E-state index in [-0.39, 0.29) is 24.0 Å². The molecule has 0 aliphatic heterocycles. The molecule has 156 valence electrons. The Kier molecular flexibility index (Phi) is 7.62. The predicted octanol–water partition coefficient (Wildman–Crippen LogP) is 3.04. The van der Waals surface area contributed by atoms with Crippen LogP contribution in [0.2, 0.25) is 0 Å². The zero-order valence-electron chi connectivity index (χ0n) is 16.9. The molecule has 1 aromatic heterocycles. The maximum Gasteiger partial charge on any atom is 0.234 e. The second-order valence-corrected chi connectivity index (χ2v) is 7.71. The Morgan fingerprint density at radius 1 is 1.07 bits per heavy atom. The van der Waals surface area contributed by atoms with Crippen LogP contribution in [0, 0.1) is 0 Å². The first-order valence-corrected chi connectivity index (χ1v) is 10.8. The summed E-state index contributed by atoms with van der Waals surface area (Å²) in [5.74, 6) is 0.439. The number of amides is 2. The lowest BCUT2D eigenvalue weighted by atomic mass is 10.0. The largest absolute Gasteiger partial charge is 0.370 e. The minimum Gasteiger partial charge on any atom is -0.370 e. The van der Waals surface area contributed by atoms with Crippen LogP contribution in [0.5, 0.6) is 0 Å². The number of thioether (sulfide) groups is 1. The second-order valence-electron chi connectivity index (χ2n) is 6.77. The standard InChI is InChI=1S/C22H25N5O2S/c1-2-27-20(13-12-19(23)28)25-26-22(27)30-15-21(29)24-18-11-7-6-10-17(18)14-16-8-4-3-5-9-16/h3-11H,2,12-15H2,1H3,(H2,23,28)(H,24,29). The molecular weight excluding hydrogens is 398 g/mol. The number of aromatic nitrogens is 3. The number of hydrogen-bond acceptors (Lipinski definition) is 5. The van der Waals surface area contributed by atoms with Gasteiger partial charge in [0.2, 0.25) is 11.8 Å². The molecule has 0 spiro atoms. The predicted molar refractivity (Wildman–Crippen MR) is 118 cm³/mol. The van der Waals surface area contributed by atoms with Gasteiger partial charge in [0.15, 0.2) is 5.16 Å². The third kappa shape index (κ3) is 5.93. The summed E-state index contributed by atoms with van der Waals surface area (Å²) in [5.41, 5.74) is 8.28. The Balaban J connectivity index is 1.61. The van der Waals surface area contributed by atoms with Gasteiger partial charge in [0.1, 0.15) is 5.82 Å². The number of nitrogens with one attached hydrogen (secondary N) is 1. The number of anilines is 1. The molecule has 0 unspecified atom stereocenters. The number of rotatable bonds is 10. The highest BCUT2D eigenvalue weighted by Gasteiger charge is 2.14. The van der Waals surface area contributed by atoms with Gasteiger partial charge < -0.3 is 15.6 Å². The number of nitrogens with zero attached hydrogens (tertiary/aromatic N) is 3. The Morgan fingerprint density at radius 2 is 1.80 bits per heavy atom. The summed E-state index contributed by atoms with van der Waals surface area (Å²) in [5, 5.41) is 12.0. The van der Waals surface area contributed by atoms with Crippen molar-refractivity contribution in [3.05, 3.63) is 71.5 Å². The molecule has 0 aliphatic carbocycles. The average Bonchev–Trinajstić information content (AvgIpc) is 3.15. The van der Waals surface area contributed by atoms with Gasteiger partial charge in [-0.15, -0.1) is 10.2 Å².